The standard InChI is InChI=1S/C40H51N3O9.C26H33NO7.C12H16N2O3.C3H8/c1-8-42(29-13-14-36-35(22-29)43(16-10-18-47-5)37(44)26-51-36)38(45)34-24-41(39(46)52-40(2,3)4)17-15-33(34)28-11-9-12-30(21-28)50-25-27-19-31(48-6)23-32(20-27)49-7;1-26(2,3)34-25(30)27-10-9-22(23(15-27)24(28)29)18-7-6-8-19(13-18)33-16-17-11-20(31-4)14-21(12-17)32-5;1-16-6-2-5-14-10-7-9(13)3-4-11(10)17-8-12(14)15;1-3-2/h9,11-14,19-23,33-34H,8,10,15-18,24-26H2,1-7H3;6-8,11-14,22-23H,9-10,15-16H2,1-5H3,(H,28,29);3-4,7H,2,5-6,8,13H2,1H3;3H2,1-2H3/t33-,34+;22-,23+;;/m11../s1/i;;;1TD. The topological polar surface area (TPSA) is 276 Å². The third-order valence-electron chi connectivity index (χ3n) is 17.5. The third-order valence-corrected chi connectivity index (χ3v) is 17.5. The molecule has 4 heterocycles. The van der Waals surface area contributed by atoms with Crippen molar-refractivity contribution < 1.29 is 93.5 Å². The molecule has 0 bridgehead atoms. The third kappa shape index (κ3) is 23.9. The van der Waals surface area contributed by atoms with Crippen LogP contribution in [-0.4, -0.2) is 177 Å². The maximum Gasteiger partial charge on any atom is 0.410 e. The largest absolute Gasteiger partial charge is 0.497 e. The number of carbonyl (C=O) groups excluding carboxylic acids is 5. The van der Waals surface area contributed by atoms with Crippen LogP contribution < -0.4 is 58.3 Å². The number of aliphatic carboxylic acids is 1. The van der Waals surface area contributed by atoms with Crippen LogP contribution in [0.4, 0.5) is 32.3 Å². The second-order valence-electron chi connectivity index (χ2n) is 27.6. The molecular weight excluding hydrogens is 1360 g/mol. The first kappa shape index (κ1) is 80.0. The summed E-state index contributed by atoms with van der Waals surface area (Å²) in [6.07, 6.45) is 2.22. The summed E-state index contributed by atoms with van der Waals surface area (Å²) < 4.78 is 79.1. The molecule has 2 saturated heterocycles. The van der Waals surface area contributed by atoms with Crippen molar-refractivity contribution in [3.8, 4) is 46.0 Å². The lowest BCUT2D eigenvalue weighted by Crippen LogP contribution is -2.51. The number of carboxylic acids is 1. The number of carbonyl (C=O) groups is 6. The lowest BCUT2D eigenvalue weighted by Gasteiger charge is -2.40. The van der Waals surface area contributed by atoms with E-state index in [4.69, 9.17) is 65.3 Å². The van der Waals surface area contributed by atoms with Crippen LogP contribution in [0.25, 0.3) is 0 Å². The molecule has 0 aliphatic carbocycles. The van der Waals surface area contributed by atoms with Crippen molar-refractivity contribution in [3.63, 3.8) is 0 Å². The molecule has 576 valence electrons. The van der Waals surface area contributed by atoms with Crippen LogP contribution in [0.1, 0.15) is 131 Å². The van der Waals surface area contributed by atoms with Gasteiger partial charge in [0.05, 0.1) is 51.6 Å². The number of carboxylic acid groups (broad SMARTS) is 1. The number of benzene rings is 6. The Morgan fingerprint density at radius 2 is 1.01 bits per heavy atom. The first-order chi connectivity index (χ1) is 51.5. The van der Waals surface area contributed by atoms with Crippen molar-refractivity contribution in [1.29, 1.82) is 0 Å². The number of hydrogen-bond acceptors (Lipinski definition) is 19. The SMILES string of the molecule is CCN(C(=O)[C@H]1CN(C(=O)OC(C)(C)C)CC[C@@H]1c1cccc(OCc2cc(OC)cc(OC)c2)c1)c1ccc2c(c1)N(CCCOC)C(=O)CO2.COCCCN1C(=O)COc2ccc(N)cc21.COc1cc(COc2cccc([C@H]3CCN(C(=O)OC(C)(C)C)C[C@@H]3C(=O)O)c2)cc(OC)c1.[2H]C([3H])CC. The van der Waals surface area contributed by atoms with Gasteiger partial charge in [-0.25, -0.2) is 9.59 Å². The molecule has 0 saturated carbocycles. The number of piperidine rings is 2. The highest BCUT2D eigenvalue weighted by Gasteiger charge is 2.42. The van der Waals surface area contributed by atoms with Crippen molar-refractivity contribution in [3.05, 3.63) is 144 Å². The molecule has 4 aliphatic rings. The van der Waals surface area contributed by atoms with Gasteiger partial charge in [0.15, 0.2) is 13.2 Å². The average molecular weight is 1470 g/mol. The van der Waals surface area contributed by atoms with E-state index in [9.17, 15) is 33.9 Å². The number of amides is 5. The van der Waals surface area contributed by atoms with Crippen LogP contribution >= 0.6 is 0 Å². The van der Waals surface area contributed by atoms with Crippen molar-refractivity contribution in [2.75, 3.05) is 135 Å². The van der Waals surface area contributed by atoms with Gasteiger partial charge in [0.1, 0.15) is 70.4 Å². The van der Waals surface area contributed by atoms with Gasteiger partial charge in [-0.05, 0) is 187 Å². The first-order valence-electron chi connectivity index (χ1n) is 36.8. The molecule has 5 atom stereocenters. The molecule has 6 aromatic rings. The number of likely N-dealkylation sites (tertiary alicyclic amines) is 2. The van der Waals surface area contributed by atoms with Gasteiger partial charge in [-0.3, -0.25) is 19.2 Å². The monoisotopic (exact) mass is 1470 g/mol. The fraction of sp³-hybridized carbons (Fsp3) is 0.481. The Hall–Kier alpha value is -10.1. The Bertz CT molecular complexity index is 3920. The van der Waals surface area contributed by atoms with E-state index < -0.39 is 48.1 Å². The zero-order chi connectivity index (χ0) is 78.8. The minimum atomic E-state index is -0.937. The summed E-state index contributed by atoms with van der Waals surface area (Å²) in [7, 11) is 9.67. The molecule has 4 aliphatic heterocycles. The smallest absolute Gasteiger partial charge is 0.410 e. The Kier molecular flexibility index (Phi) is 30.0. The Labute approximate surface area is 626 Å². The molecule has 25 heteroatoms. The van der Waals surface area contributed by atoms with Crippen LogP contribution in [0.15, 0.2) is 121 Å². The molecule has 6 aromatic carbocycles. The number of ether oxygens (including phenoxy) is 12. The number of hydrogen-bond donors (Lipinski definition) is 2. The lowest BCUT2D eigenvalue weighted by atomic mass is 9.79. The number of fused-ring (bicyclic) bond motifs is 2. The van der Waals surface area contributed by atoms with Gasteiger partial charge in [0.2, 0.25) is 5.91 Å². The number of nitrogens with zero attached hydrogens (tertiary/aromatic N) is 5. The second-order valence-corrected chi connectivity index (χ2v) is 27.6. The van der Waals surface area contributed by atoms with Gasteiger partial charge in [0, 0.05) is 105 Å². The van der Waals surface area contributed by atoms with E-state index in [1.54, 1.807) is 119 Å². The molecule has 3 N–H and O–H groups in total. The van der Waals surface area contributed by atoms with Crippen LogP contribution in [0.5, 0.6) is 46.0 Å². The zero-order valence-electron chi connectivity index (χ0n) is 65.8. The van der Waals surface area contributed by atoms with E-state index in [-0.39, 0.29) is 62.5 Å². The van der Waals surface area contributed by atoms with E-state index in [1.165, 1.54) is 4.90 Å². The van der Waals surface area contributed by atoms with E-state index >= 15 is 0 Å². The van der Waals surface area contributed by atoms with Crippen LogP contribution in [-0.2, 0) is 51.3 Å². The molecule has 25 nitrogen and oxygen atoms in total. The minimum absolute atomic E-state index is 0.0424. The number of nitrogen functional groups attached to an aromatic ring is 1. The van der Waals surface area contributed by atoms with Gasteiger partial charge in [-0.15, -0.1) is 0 Å². The van der Waals surface area contributed by atoms with Crippen molar-refractivity contribution in [2.24, 2.45) is 11.8 Å². The predicted molar refractivity (Wildman–Crippen MR) is 406 cm³/mol. The summed E-state index contributed by atoms with van der Waals surface area (Å²) >= 11 is 0. The molecule has 10 rings (SSSR count). The molecule has 1 unspecified atom stereocenters. The van der Waals surface area contributed by atoms with Gasteiger partial charge in [0.25, 0.3) is 11.8 Å². The van der Waals surface area contributed by atoms with E-state index in [1.807, 2.05) is 120 Å². The van der Waals surface area contributed by atoms with E-state index in [0.29, 0.717) is 141 Å². The van der Waals surface area contributed by atoms with E-state index in [2.05, 4.69) is 0 Å². The van der Waals surface area contributed by atoms with Crippen molar-refractivity contribution in [1.82, 2.24) is 9.80 Å². The molecule has 0 aromatic heterocycles. The number of nitrogens with two attached hydrogens (primary N) is 1. The normalized spacial score (nSPS) is 17.3. The fourth-order valence-corrected chi connectivity index (χ4v) is 12.6. The molecule has 2 fully saturated rings. The predicted octanol–water partition coefficient (Wildman–Crippen LogP) is 13.6. The number of anilines is 4. The summed E-state index contributed by atoms with van der Waals surface area (Å²) in [5.74, 6) is 2.22. The lowest BCUT2D eigenvalue weighted by molar-refractivity contribution is -0.144. The molecule has 5 amide bonds. The van der Waals surface area contributed by atoms with Gasteiger partial charge < -0.3 is 92.2 Å². The van der Waals surface area contributed by atoms with Crippen LogP contribution in [0, 0.1) is 11.8 Å². The summed E-state index contributed by atoms with van der Waals surface area (Å²) in [4.78, 5) is 85.5. The maximum absolute atomic E-state index is 14.8. The summed E-state index contributed by atoms with van der Waals surface area (Å²) in [5.41, 5.74) is 10.6. The fourth-order valence-electron chi connectivity index (χ4n) is 12.6. The zero-order valence-corrected chi connectivity index (χ0v) is 63.8. The van der Waals surface area contributed by atoms with Crippen LogP contribution in [0.3, 0.4) is 0 Å². The highest BCUT2D eigenvalue weighted by molar-refractivity contribution is 6.01. The van der Waals surface area contributed by atoms with Crippen LogP contribution in [0.2, 0.25) is 0 Å². The van der Waals surface area contributed by atoms with Gasteiger partial charge in [-0.2, -0.15) is 0 Å². The molecule has 0 radical (unpaired) electrons. The second kappa shape index (κ2) is 39.8. The Morgan fingerprint density at radius 3 is 1.42 bits per heavy atom. The first-order valence-corrected chi connectivity index (χ1v) is 35.6. The number of methoxy groups -OCH3 is 6. The highest BCUT2D eigenvalue weighted by atomic mass is 16.6. The highest BCUT2D eigenvalue weighted by Crippen LogP contribution is 2.42. The Balaban J connectivity index is 0.000000246. The van der Waals surface area contributed by atoms with E-state index in [0.717, 1.165) is 34.4 Å². The quantitative estimate of drug-likeness (QED) is 0.0421. The number of rotatable bonds is 24. The van der Waals surface area contributed by atoms with Gasteiger partial charge >= 0.3 is 18.2 Å². The Morgan fingerprint density at radius 1 is 0.585 bits per heavy atom. The average Bonchev–Trinajstić information content (AvgIpc) is 0.781. The van der Waals surface area contributed by atoms with Gasteiger partial charge in [-0.1, -0.05) is 44.5 Å². The summed E-state index contributed by atoms with van der Waals surface area (Å²) in [6.45, 7) is 18.3. The summed E-state index contributed by atoms with van der Waals surface area (Å²) in [5, 5.41) is 9.89. The maximum atomic E-state index is 14.8. The van der Waals surface area contributed by atoms with Crippen molar-refractivity contribution in [2.45, 2.75) is 131 Å². The minimum Gasteiger partial charge on any atom is -0.497 e. The summed E-state index contributed by atoms with van der Waals surface area (Å²) in [6, 6.07) is 37.2. The molecular formula is C81H108N6O19. The molecule has 0 spiro atoms. The molecule has 106 heavy (non-hydrogen) atoms. The van der Waals surface area contributed by atoms with Crippen molar-refractivity contribution >= 4 is 58.6 Å².